The van der Waals surface area contributed by atoms with Crippen LogP contribution in [0, 0.1) is 0 Å². The van der Waals surface area contributed by atoms with Crippen LogP contribution in [0.5, 0.6) is 0 Å². The van der Waals surface area contributed by atoms with E-state index in [-0.39, 0.29) is 0 Å². The summed E-state index contributed by atoms with van der Waals surface area (Å²) in [5.74, 6) is 0.440. The third-order valence-electron chi connectivity index (χ3n) is 3.09. The van der Waals surface area contributed by atoms with E-state index in [2.05, 4.69) is 29.2 Å². The highest BCUT2D eigenvalue weighted by molar-refractivity contribution is 6.18. The molecule has 0 bridgehead atoms. The van der Waals surface area contributed by atoms with E-state index < -0.39 is 0 Å². The minimum absolute atomic E-state index is 0.440. The van der Waals surface area contributed by atoms with Gasteiger partial charge in [0.15, 0.2) is 0 Å². The molecule has 0 saturated heterocycles. The van der Waals surface area contributed by atoms with Crippen LogP contribution in [0.3, 0.4) is 0 Å². The first-order chi connectivity index (χ1) is 8.90. The molecule has 1 aromatic heterocycles. The van der Waals surface area contributed by atoms with Crippen molar-refractivity contribution in [1.29, 1.82) is 0 Å². The highest BCUT2D eigenvalue weighted by atomic mass is 35.5. The molecule has 0 aliphatic heterocycles. The molecular weight excluding hydrogens is 242 g/mol. The predicted molar refractivity (Wildman–Crippen MR) is 76.7 cm³/mol. The number of aromatic nitrogens is 1. The predicted octanol–water partition coefficient (Wildman–Crippen LogP) is 4.64. The normalized spacial score (nSPS) is 10.7. The zero-order chi connectivity index (χ0) is 12.4. The summed E-state index contributed by atoms with van der Waals surface area (Å²) in [4.78, 5) is 4.47. The Kier molecular flexibility index (Phi) is 2.99. The second kappa shape index (κ2) is 4.79. The van der Waals surface area contributed by atoms with Gasteiger partial charge in [-0.3, -0.25) is 4.98 Å². The molecule has 88 valence electrons. The Morgan fingerprint density at radius 2 is 1.50 bits per heavy atom. The number of hydrogen-bond acceptors (Lipinski definition) is 1. The highest BCUT2D eigenvalue weighted by Gasteiger charge is 2.07. The van der Waals surface area contributed by atoms with Gasteiger partial charge in [-0.05, 0) is 10.9 Å². The number of fused-ring (bicyclic) bond motifs is 1. The monoisotopic (exact) mass is 253 g/mol. The molecule has 0 saturated carbocycles. The molecule has 1 nitrogen and oxygen atoms in total. The topological polar surface area (TPSA) is 12.9 Å². The van der Waals surface area contributed by atoms with Crippen LogP contribution >= 0.6 is 11.6 Å². The summed E-state index contributed by atoms with van der Waals surface area (Å²) in [6.45, 7) is 0. The Bertz CT molecular complexity index is 677. The van der Waals surface area contributed by atoms with Crippen molar-refractivity contribution < 1.29 is 0 Å². The Morgan fingerprint density at radius 1 is 0.833 bits per heavy atom. The third-order valence-corrected chi connectivity index (χ3v) is 3.34. The van der Waals surface area contributed by atoms with Crippen LogP contribution < -0.4 is 0 Å². The second-order valence-electron chi connectivity index (χ2n) is 4.16. The van der Waals surface area contributed by atoms with Gasteiger partial charge in [-0.2, -0.15) is 0 Å². The van der Waals surface area contributed by atoms with E-state index in [1.54, 1.807) is 0 Å². The lowest BCUT2D eigenvalue weighted by Gasteiger charge is -2.09. The van der Waals surface area contributed by atoms with E-state index >= 15 is 0 Å². The molecule has 0 N–H and O–H groups in total. The molecule has 18 heavy (non-hydrogen) atoms. The fourth-order valence-electron chi connectivity index (χ4n) is 2.21. The van der Waals surface area contributed by atoms with Gasteiger partial charge in [-0.25, -0.2) is 0 Å². The molecule has 0 fully saturated rings. The molecule has 0 aliphatic carbocycles. The summed E-state index contributed by atoms with van der Waals surface area (Å²) in [7, 11) is 0. The van der Waals surface area contributed by atoms with Gasteiger partial charge in [-0.15, -0.1) is 11.6 Å². The summed E-state index contributed by atoms with van der Waals surface area (Å²) in [6, 6.07) is 18.6. The number of alkyl halides is 1. The number of rotatable bonds is 2. The largest absolute Gasteiger partial charge is 0.259 e. The van der Waals surface area contributed by atoms with Gasteiger partial charge in [-0.1, -0.05) is 54.6 Å². The maximum absolute atomic E-state index is 5.94. The van der Waals surface area contributed by atoms with E-state index in [0.717, 1.165) is 16.6 Å². The molecule has 0 aliphatic rings. The van der Waals surface area contributed by atoms with E-state index in [1.165, 1.54) is 10.9 Å². The van der Waals surface area contributed by atoms with Gasteiger partial charge >= 0.3 is 0 Å². The molecule has 3 rings (SSSR count). The van der Waals surface area contributed by atoms with Gasteiger partial charge in [0, 0.05) is 17.1 Å². The lowest BCUT2D eigenvalue weighted by atomic mass is 10.00. The zero-order valence-electron chi connectivity index (χ0n) is 9.81. The van der Waals surface area contributed by atoms with E-state index in [0.29, 0.717) is 5.88 Å². The second-order valence-corrected chi connectivity index (χ2v) is 4.43. The standard InChI is InChI=1S/C16H12ClN/c17-10-16-14-9-5-4-8-13(14)15(11-18-16)12-6-2-1-3-7-12/h1-9,11H,10H2. The van der Waals surface area contributed by atoms with Gasteiger partial charge in [0.2, 0.25) is 0 Å². The molecule has 2 aromatic carbocycles. The summed E-state index contributed by atoms with van der Waals surface area (Å²) < 4.78 is 0. The lowest BCUT2D eigenvalue weighted by molar-refractivity contribution is 1.20. The molecule has 0 radical (unpaired) electrons. The van der Waals surface area contributed by atoms with Crippen molar-refractivity contribution in [2.75, 3.05) is 0 Å². The van der Waals surface area contributed by atoms with Crippen molar-refractivity contribution in [2.24, 2.45) is 0 Å². The molecular formula is C16H12ClN. The first kappa shape index (κ1) is 11.2. The molecule has 3 aromatic rings. The average molecular weight is 254 g/mol. The Hall–Kier alpha value is -1.86. The van der Waals surface area contributed by atoms with Crippen LogP contribution in [-0.2, 0) is 5.88 Å². The minimum atomic E-state index is 0.440. The minimum Gasteiger partial charge on any atom is -0.259 e. The first-order valence-electron chi connectivity index (χ1n) is 5.88. The molecule has 1 heterocycles. The van der Waals surface area contributed by atoms with E-state index in [1.807, 2.05) is 36.5 Å². The van der Waals surface area contributed by atoms with E-state index in [9.17, 15) is 0 Å². The molecule has 0 spiro atoms. The molecule has 0 amide bonds. The smallest absolute Gasteiger partial charge is 0.0653 e. The highest BCUT2D eigenvalue weighted by Crippen LogP contribution is 2.29. The number of hydrogen-bond donors (Lipinski definition) is 0. The van der Waals surface area contributed by atoms with Gasteiger partial charge < -0.3 is 0 Å². The fourth-order valence-corrected chi connectivity index (χ4v) is 2.42. The van der Waals surface area contributed by atoms with Crippen molar-refractivity contribution in [3.05, 3.63) is 66.5 Å². The quantitative estimate of drug-likeness (QED) is 0.606. The van der Waals surface area contributed by atoms with Crippen molar-refractivity contribution in [1.82, 2.24) is 4.98 Å². The van der Waals surface area contributed by atoms with Crippen molar-refractivity contribution in [3.63, 3.8) is 0 Å². The maximum Gasteiger partial charge on any atom is 0.0653 e. The van der Waals surface area contributed by atoms with Gasteiger partial charge in [0.25, 0.3) is 0 Å². The van der Waals surface area contributed by atoms with Crippen molar-refractivity contribution in [3.8, 4) is 11.1 Å². The van der Waals surface area contributed by atoms with Gasteiger partial charge in [0.05, 0.1) is 11.6 Å². The third kappa shape index (κ3) is 1.87. The summed E-state index contributed by atoms with van der Waals surface area (Å²) in [5.41, 5.74) is 3.27. The SMILES string of the molecule is ClCc1ncc(-c2ccccc2)c2ccccc12. The van der Waals surface area contributed by atoms with Crippen LogP contribution in [0.1, 0.15) is 5.69 Å². The summed E-state index contributed by atoms with van der Waals surface area (Å²) in [6.07, 6.45) is 1.91. The van der Waals surface area contributed by atoms with Crippen LogP contribution in [0.4, 0.5) is 0 Å². The molecule has 2 heteroatoms. The molecule has 0 atom stereocenters. The number of benzene rings is 2. The molecule has 0 unspecified atom stereocenters. The van der Waals surface area contributed by atoms with Crippen LogP contribution in [0.2, 0.25) is 0 Å². The zero-order valence-corrected chi connectivity index (χ0v) is 10.6. The number of halogens is 1. The van der Waals surface area contributed by atoms with Gasteiger partial charge in [0.1, 0.15) is 0 Å². The summed E-state index contributed by atoms with van der Waals surface area (Å²) in [5, 5.41) is 2.34. The maximum atomic E-state index is 5.94. The van der Waals surface area contributed by atoms with Crippen LogP contribution in [0.25, 0.3) is 21.9 Å². The number of nitrogens with zero attached hydrogens (tertiary/aromatic N) is 1. The van der Waals surface area contributed by atoms with Crippen molar-refractivity contribution in [2.45, 2.75) is 5.88 Å². The average Bonchev–Trinajstić information content (AvgIpc) is 2.47. The Balaban J connectivity index is 2.32. The van der Waals surface area contributed by atoms with Crippen LogP contribution in [-0.4, -0.2) is 4.98 Å². The van der Waals surface area contributed by atoms with Crippen LogP contribution in [0.15, 0.2) is 60.8 Å². The Morgan fingerprint density at radius 3 is 2.22 bits per heavy atom. The number of pyridine rings is 1. The fraction of sp³-hybridized carbons (Fsp3) is 0.0625. The van der Waals surface area contributed by atoms with Crippen molar-refractivity contribution >= 4 is 22.4 Å². The summed E-state index contributed by atoms with van der Waals surface area (Å²) >= 11 is 5.94. The lowest BCUT2D eigenvalue weighted by Crippen LogP contribution is -1.90. The Labute approximate surface area is 111 Å². The first-order valence-corrected chi connectivity index (χ1v) is 6.41. The van der Waals surface area contributed by atoms with E-state index in [4.69, 9.17) is 11.6 Å².